The zero-order valence-electron chi connectivity index (χ0n) is 14.7. The van der Waals surface area contributed by atoms with Gasteiger partial charge in [0.25, 0.3) is 0 Å². The van der Waals surface area contributed by atoms with Crippen molar-refractivity contribution in [2.75, 3.05) is 14.2 Å². The first-order valence-electron chi connectivity index (χ1n) is 8.22. The van der Waals surface area contributed by atoms with E-state index < -0.39 is 10.8 Å². The largest absolute Gasteiger partial charge is 0.507 e. The van der Waals surface area contributed by atoms with E-state index in [2.05, 4.69) is 6.92 Å². The number of phenolic OH excluding ortho intramolecular Hbond substituents is 2. The third kappa shape index (κ3) is 4.07. The van der Waals surface area contributed by atoms with E-state index in [1.807, 2.05) is 6.08 Å². The van der Waals surface area contributed by atoms with Gasteiger partial charge in [-0.1, -0.05) is 25.8 Å². The van der Waals surface area contributed by atoms with Crippen LogP contribution in [-0.2, 0) is 10.8 Å². The number of fused-ring (bicyclic) bond motifs is 1. The van der Waals surface area contributed by atoms with Gasteiger partial charge in [-0.3, -0.25) is 0 Å². The molecule has 0 saturated heterocycles. The van der Waals surface area contributed by atoms with Gasteiger partial charge in [-0.2, -0.15) is 0 Å². The van der Waals surface area contributed by atoms with Gasteiger partial charge in [0.05, 0.1) is 40.7 Å². The monoisotopic (exact) mass is 364 g/mol. The Balaban J connectivity index is 2.49. The molecular formula is C19H24O5S. The fourth-order valence-corrected chi connectivity index (χ4v) is 3.65. The van der Waals surface area contributed by atoms with Gasteiger partial charge >= 0.3 is 0 Å². The normalized spacial score (nSPS) is 12.6. The molecule has 1 unspecified atom stereocenters. The number of rotatable bonds is 8. The zero-order valence-corrected chi connectivity index (χ0v) is 15.6. The predicted octanol–water partition coefficient (Wildman–Crippen LogP) is 4.47. The first-order chi connectivity index (χ1) is 12.0. The molecule has 0 bridgehead atoms. The molecule has 0 fully saturated rings. The summed E-state index contributed by atoms with van der Waals surface area (Å²) in [7, 11) is 1.37. The van der Waals surface area contributed by atoms with E-state index >= 15 is 0 Å². The molecule has 2 aromatic carbocycles. The van der Waals surface area contributed by atoms with Gasteiger partial charge in [0, 0.05) is 11.5 Å². The van der Waals surface area contributed by atoms with Crippen molar-refractivity contribution in [2.45, 2.75) is 37.5 Å². The van der Waals surface area contributed by atoms with Crippen LogP contribution in [-0.4, -0.2) is 28.6 Å². The van der Waals surface area contributed by atoms with E-state index in [9.17, 15) is 14.4 Å². The molecule has 136 valence electrons. The molecule has 2 rings (SSSR count). The molecule has 6 heteroatoms. The molecule has 0 spiro atoms. The molecule has 0 heterocycles. The molecule has 1 atom stereocenters. The lowest BCUT2D eigenvalue weighted by molar-refractivity contribution is 0.403. The second-order valence-corrected chi connectivity index (χ2v) is 6.93. The summed E-state index contributed by atoms with van der Waals surface area (Å²) in [5, 5.41) is 23.2. The van der Waals surface area contributed by atoms with Crippen LogP contribution in [0.5, 0.6) is 23.0 Å². The van der Waals surface area contributed by atoms with E-state index in [1.165, 1.54) is 20.3 Å². The average Bonchev–Trinajstić information content (AvgIpc) is 2.62. The summed E-state index contributed by atoms with van der Waals surface area (Å²) in [5.74, 6) is 0.469. The van der Waals surface area contributed by atoms with Crippen molar-refractivity contribution in [3.8, 4) is 23.0 Å². The summed E-state index contributed by atoms with van der Waals surface area (Å²) in [6.45, 7) is 2.12. The summed E-state index contributed by atoms with van der Waals surface area (Å²) in [6, 6.07) is 4.59. The van der Waals surface area contributed by atoms with Gasteiger partial charge in [0.1, 0.15) is 23.0 Å². The quantitative estimate of drug-likeness (QED) is 0.534. The molecule has 0 aliphatic carbocycles. The first kappa shape index (κ1) is 19.1. The smallest absolute Gasteiger partial charge is 0.144 e. The Morgan fingerprint density at radius 2 is 1.72 bits per heavy atom. The number of ether oxygens (including phenoxy) is 2. The highest BCUT2D eigenvalue weighted by Gasteiger charge is 2.21. The van der Waals surface area contributed by atoms with Gasteiger partial charge in [-0.05, 0) is 25.0 Å². The van der Waals surface area contributed by atoms with E-state index in [1.54, 1.807) is 17.5 Å². The molecule has 25 heavy (non-hydrogen) atoms. The van der Waals surface area contributed by atoms with Gasteiger partial charge in [0.15, 0.2) is 0 Å². The van der Waals surface area contributed by atoms with Gasteiger partial charge in [-0.25, -0.2) is 4.21 Å². The first-order valence-corrected chi connectivity index (χ1v) is 9.43. The van der Waals surface area contributed by atoms with E-state index in [-0.39, 0.29) is 21.8 Å². The van der Waals surface area contributed by atoms with Crippen LogP contribution in [0, 0.1) is 0 Å². The lowest BCUT2D eigenvalue weighted by atomic mass is 10.1. The third-order valence-corrected chi connectivity index (χ3v) is 5.16. The van der Waals surface area contributed by atoms with Gasteiger partial charge < -0.3 is 19.7 Å². The summed E-state index contributed by atoms with van der Waals surface area (Å²) in [4.78, 5) is 0.142. The lowest BCUT2D eigenvalue weighted by Gasteiger charge is -2.14. The van der Waals surface area contributed by atoms with E-state index in [0.717, 1.165) is 25.7 Å². The average molecular weight is 364 g/mol. The number of unbranched alkanes of at least 4 members (excludes halogenated alkanes) is 3. The van der Waals surface area contributed by atoms with Crippen molar-refractivity contribution in [1.29, 1.82) is 0 Å². The van der Waals surface area contributed by atoms with Crippen LogP contribution in [0.3, 0.4) is 0 Å². The Bertz CT molecular complexity index is 798. The Morgan fingerprint density at radius 1 is 1.08 bits per heavy atom. The highest BCUT2D eigenvalue weighted by Crippen LogP contribution is 2.46. The number of allylic oxidation sites excluding steroid dienone is 1. The SMILES string of the molecule is CCCCC/C=C/S(=O)c1cc(O)c2c(OC)ccc(OC)c2c1O. The number of methoxy groups -OCH3 is 2. The molecule has 0 amide bonds. The van der Waals surface area contributed by atoms with Crippen LogP contribution in [0.4, 0.5) is 0 Å². The molecular weight excluding hydrogens is 340 g/mol. The van der Waals surface area contributed by atoms with Gasteiger partial charge in [-0.15, -0.1) is 0 Å². The summed E-state index contributed by atoms with van der Waals surface area (Å²) >= 11 is 0. The Labute approximate surface area is 150 Å². The molecule has 0 aliphatic rings. The molecule has 0 aliphatic heterocycles. The van der Waals surface area contributed by atoms with Crippen molar-refractivity contribution < 1.29 is 23.9 Å². The third-order valence-electron chi connectivity index (χ3n) is 3.97. The minimum atomic E-state index is -1.57. The maximum absolute atomic E-state index is 12.5. The summed E-state index contributed by atoms with van der Waals surface area (Å²) in [6.07, 6.45) is 5.95. The van der Waals surface area contributed by atoms with Crippen molar-refractivity contribution in [3.05, 3.63) is 29.7 Å². The Hall–Kier alpha value is -2.21. The Kier molecular flexibility index (Phi) is 6.70. The van der Waals surface area contributed by atoms with Crippen molar-refractivity contribution in [1.82, 2.24) is 0 Å². The summed E-state index contributed by atoms with van der Waals surface area (Å²) < 4.78 is 23.1. The highest BCUT2D eigenvalue weighted by atomic mass is 32.2. The van der Waals surface area contributed by atoms with E-state index in [0.29, 0.717) is 16.9 Å². The molecule has 2 aromatic rings. The number of benzene rings is 2. The fourth-order valence-electron chi connectivity index (χ4n) is 2.68. The summed E-state index contributed by atoms with van der Waals surface area (Å²) in [5.41, 5.74) is 0. The molecule has 0 aromatic heterocycles. The maximum Gasteiger partial charge on any atom is 0.144 e. The number of hydrogen-bond donors (Lipinski definition) is 2. The fraction of sp³-hybridized carbons (Fsp3) is 0.368. The zero-order chi connectivity index (χ0) is 18.4. The van der Waals surface area contributed by atoms with Gasteiger partial charge in [0.2, 0.25) is 0 Å². The van der Waals surface area contributed by atoms with Crippen LogP contribution in [0.2, 0.25) is 0 Å². The Morgan fingerprint density at radius 3 is 2.32 bits per heavy atom. The van der Waals surface area contributed by atoms with Crippen molar-refractivity contribution >= 4 is 21.6 Å². The van der Waals surface area contributed by atoms with Crippen LogP contribution in [0.15, 0.2) is 34.6 Å². The van der Waals surface area contributed by atoms with Crippen LogP contribution in [0.25, 0.3) is 10.8 Å². The van der Waals surface area contributed by atoms with Crippen LogP contribution >= 0.6 is 0 Å². The molecule has 5 nitrogen and oxygen atoms in total. The number of phenols is 2. The molecule has 0 radical (unpaired) electrons. The number of hydrogen-bond acceptors (Lipinski definition) is 5. The standard InChI is InChI=1S/C19H24O5S/c1-4-5-6-7-8-11-25(22)16-12-13(20)17-14(23-2)9-10-15(24-3)18(17)19(16)21/h8-12,20-21H,4-7H2,1-3H3/b11-8+. The van der Waals surface area contributed by atoms with Crippen LogP contribution < -0.4 is 9.47 Å². The van der Waals surface area contributed by atoms with Crippen LogP contribution in [0.1, 0.15) is 32.6 Å². The second kappa shape index (κ2) is 8.76. The predicted molar refractivity (Wildman–Crippen MR) is 100 cm³/mol. The van der Waals surface area contributed by atoms with Crippen molar-refractivity contribution in [3.63, 3.8) is 0 Å². The second-order valence-electron chi connectivity index (χ2n) is 5.63. The minimum Gasteiger partial charge on any atom is -0.507 e. The molecule has 0 saturated carbocycles. The van der Waals surface area contributed by atoms with Crippen molar-refractivity contribution in [2.24, 2.45) is 0 Å². The minimum absolute atomic E-state index is 0.119. The lowest BCUT2D eigenvalue weighted by Crippen LogP contribution is -1.94. The van der Waals surface area contributed by atoms with E-state index in [4.69, 9.17) is 9.47 Å². The topological polar surface area (TPSA) is 76.0 Å². The molecule has 2 N–H and O–H groups in total. The maximum atomic E-state index is 12.5. The number of aromatic hydroxyl groups is 2. The highest BCUT2D eigenvalue weighted by molar-refractivity contribution is 7.88.